The molecule has 21 heavy (non-hydrogen) atoms. The van der Waals surface area contributed by atoms with Crippen LogP contribution in [0.3, 0.4) is 0 Å². The highest BCUT2D eigenvalue weighted by Gasteiger charge is 2.29. The predicted octanol–water partition coefficient (Wildman–Crippen LogP) is 1.23. The molecule has 7 heteroatoms. The molecule has 1 aliphatic rings. The van der Waals surface area contributed by atoms with Crippen molar-refractivity contribution in [1.29, 1.82) is 0 Å². The average molecular weight is 296 g/mol. The van der Waals surface area contributed by atoms with E-state index < -0.39 is 11.0 Å². The van der Waals surface area contributed by atoms with Crippen molar-refractivity contribution in [3.8, 4) is 0 Å². The van der Waals surface area contributed by atoms with E-state index in [4.69, 9.17) is 4.74 Å². The molecule has 116 valence electrons. The Bertz CT molecular complexity index is 520. The molecule has 7 nitrogen and oxygen atoms in total. The number of ether oxygens (including phenoxy) is 1. The van der Waals surface area contributed by atoms with Crippen molar-refractivity contribution in [3.63, 3.8) is 0 Å². The number of benzene rings is 1. The van der Waals surface area contributed by atoms with Crippen molar-refractivity contribution in [2.24, 2.45) is 0 Å². The first kappa shape index (κ1) is 15.7. The van der Waals surface area contributed by atoms with Gasteiger partial charge < -0.3 is 19.8 Å². The average Bonchev–Trinajstić information content (AvgIpc) is 2.45. The molecule has 0 bridgehead atoms. The van der Waals surface area contributed by atoms with Crippen molar-refractivity contribution < 1.29 is 19.9 Å². The van der Waals surface area contributed by atoms with Crippen LogP contribution in [0, 0.1) is 10.1 Å². The summed E-state index contributed by atoms with van der Waals surface area (Å²) in [6.07, 6.45) is -1.23. The fourth-order valence-electron chi connectivity index (χ4n) is 2.56. The molecule has 3 atom stereocenters. The number of rotatable bonds is 4. The van der Waals surface area contributed by atoms with Crippen LogP contribution in [-0.2, 0) is 4.74 Å². The van der Waals surface area contributed by atoms with E-state index in [1.54, 1.807) is 19.1 Å². The van der Waals surface area contributed by atoms with Crippen LogP contribution in [0.1, 0.15) is 25.5 Å². The molecule has 0 amide bonds. The number of anilines is 1. The Hall–Kier alpha value is -1.70. The summed E-state index contributed by atoms with van der Waals surface area (Å²) in [4.78, 5) is 12.7. The van der Waals surface area contributed by atoms with Gasteiger partial charge in [0.05, 0.1) is 29.8 Å². The third-order valence-electron chi connectivity index (χ3n) is 3.55. The third-order valence-corrected chi connectivity index (χ3v) is 3.55. The van der Waals surface area contributed by atoms with E-state index in [0.29, 0.717) is 24.3 Å². The Morgan fingerprint density at radius 1 is 1.52 bits per heavy atom. The number of hydrogen-bond acceptors (Lipinski definition) is 6. The van der Waals surface area contributed by atoms with E-state index >= 15 is 0 Å². The van der Waals surface area contributed by atoms with Crippen LogP contribution in [-0.4, -0.2) is 47.0 Å². The smallest absolute Gasteiger partial charge is 0.292 e. The molecule has 2 unspecified atom stereocenters. The number of nitro benzene ring substituents is 1. The summed E-state index contributed by atoms with van der Waals surface area (Å²) in [6.45, 7) is 4.23. The van der Waals surface area contributed by atoms with Crippen molar-refractivity contribution >= 4 is 11.4 Å². The second-order valence-corrected chi connectivity index (χ2v) is 5.34. The van der Waals surface area contributed by atoms with Crippen LogP contribution in [0.5, 0.6) is 0 Å². The highest BCUT2D eigenvalue weighted by molar-refractivity contribution is 5.65. The maximum Gasteiger partial charge on any atom is 0.292 e. The topological polar surface area (TPSA) is 96.1 Å². The molecule has 0 spiro atoms. The molecule has 2 N–H and O–H groups in total. The highest BCUT2D eigenvalue weighted by atomic mass is 16.6. The van der Waals surface area contributed by atoms with Gasteiger partial charge in [-0.15, -0.1) is 0 Å². The molecule has 1 aliphatic heterocycles. The van der Waals surface area contributed by atoms with Gasteiger partial charge in [-0.3, -0.25) is 10.1 Å². The zero-order valence-electron chi connectivity index (χ0n) is 12.1. The molecular formula is C14H20N2O5. The second-order valence-electron chi connectivity index (χ2n) is 5.34. The Morgan fingerprint density at radius 2 is 2.24 bits per heavy atom. The predicted molar refractivity (Wildman–Crippen MR) is 77.4 cm³/mol. The van der Waals surface area contributed by atoms with Crippen LogP contribution in [0.25, 0.3) is 0 Å². The molecule has 1 aromatic carbocycles. The van der Waals surface area contributed by atoms with Crippen LogP contribution >= 0.6 is 0 Å². The maximum atomic E-state index is 11.3. The molecule has 1 aromatic rings. The molecule has 1 fully saturated rings. The van der Waals surface area contributed by atoms with Crippen LogP contribution in [0.15, 0.2) is 18.2 Å². The van der Waals surface area contributed by atoms with Gasteiger partial charge in [0.2, 0.25) is 0 Å². The van der Waals surface area contributed by atoms with Gasteiger partial charge in [0.15, 0.2) is 0 Å². The lowest BCUT2D eigenvalue weighted by molar-refractivity contribution is -0.384. The van der Waals surface area contributed by atoms with E-state index in [2.05, 4.69) is 0 Å². The molecular weight excluding hydrogens is 276 g/mol. The molecule has 1 saturated heterocycles. The van der Waals surface area contributed by atoms with Gasteiger partial charge in [0.25, 0.3) is 5.69 Å². The Balaban J connectivity index is 2.36. The summed E-state index contributed by atoms with van der Waals surface area (Å²) < 4.78 is 5.55. The Morgan fingerprint density at radius 3 is 2.81 bits per heavy atom. The second kappa shape index (κ2) is 6.38. The van der Waals surface area contributed by atoms with Gasteiger partial charge in [0, 0.05) is 19.2 Å². The van der Waals surface area contributed by atoms with Gasteiger partial charge >= 0.3 is 0 Å². The molecule has 1 heterocycles. The Labute approximate surface area is 122 Å². The monoisotopic (exact) mass is 296 g/mol. The Kier molecular flexibility index (Phi) is 4.76. The van der Waals surface area contributed by atoms with Crippen molar-refractivity contribution in [2.75, 3.05) is 24.6 Å². The van der Waals surface area contributed by atoms with Crippen LogP contribution < -0.4 is 4.90 Å². The summed E-state index contributed by atoms with van der Waals surface area (Å²) in [6, 6.07) is 4.72. The first-order valence-corrected chi connectivity index (χ1v) is 6.90. The summed E-state index contributed by atoms with van der Waals surface area (Å²) >= 11 is 0. The van der Waals surface area contributed by atoms with E-state index in [9.17, 15) is 20.3 Å². The standard InChI is InChI=1S/C14H20N2O5/c1-9-6-15(7-12(8-17)21-9)13-4-3-11(10(2)18)5-14(13)16(19)20/h3-5,9-10,12,17-18H,6-8H2,1-2H3/t9?,10-,12?/m1/s1. The van der Waals surface area contributed by atoms with Gasteiger partial charge in [-0.2, -0.15) is 0 Å². The van der Waals surface area contributed by atoms with Crippen LogP contribution in [0.2, 0.25) is 0 Å². The number of morpholine rings is 1. The number of aliphatic hydroxyl groups excluding tert-OH is 2. The molecule has 0 aromatic heterocycles. The largest absolute Gasteiger partial charge is 0.394 e. The fourth-order valence-corrected chi connectivity index (χ4v) is 2.56. The molecule has 2 rings (SSSR count). The van der Waals surface area contributed by atoms with Crippen molar-refractivity contribution in [3.05, 3.63) is 33.9 Å². The van der Waals surface area contributed by atoms with E-state index in [1.807, 2.05) is 11.8 Å². The summed E-state index contributed by atoms with van der Waals surface area (Å²) in [5, 5.41) is 30.1. The van der Waals surface area contributed by atoms with E-state index in [0.717, 1.165) is 0 Å². The zero-order valence-corrected chi connectivity index (χ0v) is 12.1. The first-order chi connectivity index (χ1) is 9.92. The number of nitrogens with zero attached hydrogens (tertiary/aromatic N) is 2. The van der Waals surface area contributed by atoms with Gasteiger partial charge in [0.1, 0.15) is 5.69 Å². The minimum Gasteiger partial charge on any atom is -0.394 e. The number of hydrogen-bond donors (Lipinski definition) is 2. The lowest BCUT2D eigenvalue weighted by Gasteiger charge is -2.37. The SMILES string of the molecule is CC1CN(c2ccc([C@@H](C)O)cc2[N+](=O)[O-])CC(CO)O1. The summed E-state index contributed by atoms with van der Waals surface area (Å²) in [7, 11) is 0. The van der Waals surface area contributed by atoms with E-state index in [1.165, 1.54) is 6.07 Å². The number of aliphatic hydroxyl groups is 2. The highest BCUT2D eigenvalue weighted by Crippen LogP contribution is 2.32. The summed E-state index contributed by atoms with van der Waals surface area (Å²) in [5.74, 6) is 0. The van der Waals surface area contributed by atoms with Crippen molar-refractivity contribution in [2.45, 2.75) is 32.2 Å². The minimum absolute atomic E-state index is 0.0424. The first-order valence-electron chi connectivity index (χ1n) is 6.90. The van der Waals surface area contributed by atoms with Crippen LogP contribution in [0.4, 0.5) is 11.4 Å². The third kappa shape index (κ3) is 3.49. The molecule has 0 aliphatic carbocycles. The van der Waals surface area contributed by atoms with Crippen molar-refractivity contribution in [1.82, 2.24) is 0 Å². The lowest BCUT2D eigenvalue weighted by atomic mass is 10.1. The number of nitro groups is 1. The van der Waals surface area contributed by atoms with Gasteiger partial charge in [-0.1, -0.05) is 6.07 Å². The summed E-state index contributed by atoms with van der Waals surface area (Å²) in [5.41, 5.74) is 0.947. The molecule has 0 radical (unpaired) electrons. The minimum atomic E-state index is -0.758. The lowest BCUT2D eigenvalue weighted by Crippen LogP contribution is -2.48. The quantitative estimate of drug-likeness (QED) is 0.641. The maximum absolute atomic E-state index is 11.3. The normalized spacial score (nSPS) is 23.9. The fraction of sp³-hybridized carbons (Fsp3) is 0.571. The zero-order chi connectivity index (χ0) is 15.6. The van der Waals surface area contributed by atoms with Gasteiger partial charge in [-0.05, 0) is 25.5 Å². The van der Waals surface area contributed by atoms with Gasteiger partial charge in [-0.25, -0.2) is 0 Å². The molecule has 0 saturated carbocycles. The van der Waals surface area contributed by atoms with E-state index in [-0.39, 0.29) is 24.5 Å².